The van der Waals surface area contributed by atoms with Crippen LogP contribution in [0.2, 0.25) is 0 Å². The number of hydrogen-bond acceptors (Lipinski definition) is 5. The van der Waals surface area contributed by atoms with E-state index in [2.05, 4.69) is 4.98 Å². The second kappa shape index (κ2) is 8.08. The molecule has 6 heteroatoms. The van der Waals surface area contributed by atoms with Crippen LogP contribution in [0, 0.1) is 0 Å². The zero-order valence-corrected chi connectivity index (χ0v) is 18.1. The van der Waals surface area contributed by atoms with Gasteiger partial charge in [0.15, 0.2) is 22.9 Å². The van der Waals surface area contributed by atoms with E-state index in [1.165, 1.54) is 19.3 Å². The molecular weight excluding hydrogens is 402 g/mol. The number of para-hydroxylation sites is 2. The van der Waals surface area contributed by atoms with Crippen LogP contribution >= 0.6 is 0 Å². The minimum absolute atomic E-state index is 0.0309. The van der Waals surface area contributed by atoms with E-state index < -0.39 is 0 Å². The molecule has 0 N–H and O–H groups in total. The predicted octanol–water partition coefficient (Wildman–Crippen LogP) is 6.04. The van der Waals surface area contributed by atoms with Gasteiger partial charge in [-0.05, 0) is 56.0 Å². The number of nitrogens with zero attached hydrogens (tertiary/aromatic N) is 3. The Morgan fingerprint density at radius 3 is 2.38 bits per heavy atom. The van der Waals surface area contributed by atoms with Crippen LogP contribution in [0.3, 0.4) is 0 Å². The van der Waals surface area contributed by atoms with E-state index in [1.807, 2.05) is 47.4 Å². The van der Waals surface area contributed by atoms with Gasteiger partial charge in [0.25, 0.3) is 5.91 Å². The first kappa shape index (κ1) is 19.5. The van der Waals surface area contributed by atoms with E-state index in [0.29, 0.717) is 23.6 Å². The summed E-state index contributed by atoms with van der Waals surface area (Å²) < 4.78 is 12.1. The van der Waals surface area contributed by atoms with Crippen molar-refractivity contribution < 1.29 is 13.6 Å². The van der Waals surface area contributed by atoms with E-state index in [9.17, 15) is 4.79 Å². The molecule has 164 valence electrons. The average Bonchev–Trinajstić information content (AvgIpc) is 3.48. The number of amides is 1. The van der Waals surface area contributed by atoms with Gasteiger partial charge in [-0.1, -0.05) is 31.4 Å². The lowest BCUT2D eigenvalue weighted by Crippen LogP contribution is -2.39. The average molecular weight is 430 g/mol. The molecule has 1 saturated heterocycles. The van der Waals surface area contributed by atoms with Crippen molar-refractivity contribution >= 4 is 28.1 Å². The highest BCUT2D eigenvalue weighted by Crippen LogP contribution is 2.34. The molecule has 2 aromatic carbocycles. The summed E-state index contributed by atoms with van der Waals surface area (Å²) in [6, 6.07) is 13.5. The van der Waals surface area contributed by atoms with Crippen molar-refractivity contribution in [2.24, 2.45) is 0 Å². The van der Waals surface area contributed by atoms with Gasteiger partial charge in [-0.2, -0.15) is 0 Å². The summed E-state index contributed by atoms with van der Waals surface area (Å²) in [5.41, 5.74) is 3.88. The highest BCUT2D eigenvalue weighted by Gasteiger charge is 2.29. The molecule has 1 saturated carbocycles. The van der Waals surface area contributed by atoms with Crippen molar-refractivity contribution in [3.63, 3.8) is 0 Å². The first-order chi connectivity index (χ1) is 15.7. The van der Waals surface area contributed by atoms with Crippen LogP contribution in [0.1, 0.15) is 78.9 Å². The molecule has 1 aliphatic carbocycles. The second-order valence-electron chi connectivity index (χ2n) is 9.18. The molecule has 0 unspecified atom stereocenters. The van der Waals surface area contributed by atoms with Crippen molar-refractivity contribution in [1.82, 2.24) is 14.9 Å². The molecule has 1 amide bonds. The number of rotatable bonds is 3. The molecule has 6 nitrogen and oxygen atoms in total. The van der Waals surface area contributed by atoms with Gasteiger partial charge in [-0.25, -0.2) is 9.97 Å². The largest absolute Gasteiger partial charge is 0.440 e. The lowest BCUT2D eigenvalue weighted by atomic mass is 9.89. The van der Waals surface area contributed by atoms with Crippen LogP contribution in [0.5, 0.6) is 0 Å². The van der Waals surface area contributed by atoms with E-state index in [-0.39, 0.29) is 11.8 Å². The van der Waals surface area contributed by atoms with Crippen molar-refractivity contribution in [3.8, 4) is 0 Å². The Morgan fingerprint density at radius 1 is 0.812 bits per heavy atom. The number of piperidine rings is 1. The maximum absolute atomic E-state index is 13.3. The monoisotopic (exact) mass is 429 g/mol. The maximum Gasteiger partial charge on any atom is 0.254 e. The summed E-state index contributed by atoms with van der Waals surface area (Å²) in [6.45, 7) is 1.37. The summed E-state index contributed by atoms with van der Waals surface area (Å²) in [5.74, 6) is 2.12. The predicted molar refractivity (Wildman–Crippen MR) is 122 cm³/mol. The zero-order chi connectivity index (χ0) is 21.5. The van der Waals surface area contributed by atoms with Crippen molar-refractivity contribution in [2.75, 3.05) is 13.1 Å². The fourth-order valence-corrected chi connectivity index (χ4v) is 5.21. The number of aromatic nitrogens is 2. The zero-order valence-electron chi connectivity index (χ0n) is 18.1. The van der Waals surface area contributed by atoms with E-state index >= 15 is 0 Å². The molecule has 1 atom stereocenters. The lowest BCUT2D eigenvalue weighted by molar-refractivity contribution is 0.0699. The Hall–Kier alpha value is -3.15. The standard InChI is InChI=1S/C26H27N3O3/c30-26(18-12-13-21-23(15-18)32-24(28-21)17-7-2-1-3-8-17)29-14-6-9-19(16-29)25-27-20-10-4-5-11-22(20)31-25/h4-5,10-13,15,17,19H,1-3,6-9,14,16H2/t19-/m0/s1. The lowest BCUT2D eigenvalue weighted by Gasteiger charge is -2.31. The van der Waals surface area contributed by atoms with Gasteiger partial charge in [-0.15, -0.1) is 0 Å². The van der Waals surface area contributed by atoms with Crippen LogP contribution < -0.4 is 0 Å². The molecule has 3 heterocycles. The molecule has 32 heavy (non-hydrogen) atoms. The summed E-state index contributed by atoms with van der Waals surface area (Å²) >= 11 is 0. The topological polar surface area (TPSA) is 72.4 Å². The Bertz CT molecular complexity index is 1230. The van der Waals surface area contributed by atoms with Crippen molar-refractivity contribution in [3.05, 3.63) is 59.8 Å². The Labute approximate surface area is 186 Å². The number of benzene rings is 2. The number of fused-ring (bicyclic) bond motifs is 2. The summed E-state index contributed by atoms with van der Waals surface area (Å²) in [5, 5.41) is 0. The van der Waals surface area contributed by atoms with Gasteiger partial charge in [0.2, 0.25) is 0 Å². The number of likely N-dealkylation sites (tertiary alicyclic amines) is 1. The van der Waals surface area contributed by atoms with E-state index in [0.717, 1.165) is 60.6 Å². The summed E-state index contributed by atoms with van der Waals surface area (Å²) in [7, 11) is 0. The second-order valence-corrected chi connectivity index (χ2v) is 9.18. The molecule has 4 aromatic rings. The quantitative estimate of drug-likeness (QED) is 0.397. The smallest absolute Gasteiger partial charge is 0.254 e. The molecule has 0 bridgehead atoms. The van der Waals surface area contributed by atoms with Gasteiger partial charge in [0, 0.05) is 24.6 Å². The fourth-order valence-electron chi connectivity index (χ4n) is 5.21. The SMILES string of the molecule is O=C(c1ccc2nc(C3CCCCC3)oc2c1)N1CCC[C@H](c2nc3ccccc3o2)C1. The van der Waals surface area contributed by atoms with Gasteiger partial charge in [0.05, 0.1) is 5.92 Å². The van der Waals surface area contributed by atoms with Gasteiger partial charge < -0.3 is 13.7 Å². The molecule has 0 radical (unpaired) electrons. The highest BCUT2D eigenvalue weighted by molar-refractivity contribution is 5.97. The molecule has 2 fully saturated rings. The molecule has 0 spiro atoms. The van der Waals surface area contributed by atoms with Crippen LogP contribution in [-0.2, 0) is 0 Å². The Morgan fingerprint density at radius 2 is 1.53 bits per heavy atom. The molecular formula is C26H27N3O3. The third-order valence-corrected chi connectivity index (χ3v) is 6.97. The van der Waals surface area contributed by atoms with Crippen LogP contribution in [0.15, 0.2) is 51.3 Å². The number of carbonyl (C=O) groups excluding carboxylic acids is 1. The third kappa shape index (κ3) is 3.57. The number of carbonyl (C=O) groups is 1. The van der Waals surface area contributed by atoms with Gasteiger partial charge in [0.1, 0.15) is 11.0 Å². The molecule has 2 aromatic heterocycles. The molecule has 1 aliphatic heterocycles. The third-order valence-electron chi connectivity index (χ3n) is 6.97. The van der Waals surface area contributed by atoms with Crippen molar-refractivity contribution in [2.45, 2.75) is 56.8 Å². The minimum Gasteiger partial charge on any atom is -0.440 e. The normalized spacial score (nSPS) is 20.2. The van der Waals surface area contributed by atoms with Crippen LogP contribution in [0.25, 0.3) is 22.2 Å². The molecule has 2 aliphatic rings. The highest BCUT2D eigenvalue weighted by atomic mass is 16.4. The van der Waals surface area contributed by atoms with E-state index in [1.54, 1.807) is 0 Å². The first-order valence-electron chi connectivity index (χ1n) is 11.8. The summed E-state index contributed by atoms with van der Waals surface area (Å²) in [6.07, 6.45) is 7.98. The van der Waals surface area contributed by atoms with Gasteiger partial charge in [-0.3, -0.25) is 4.79 Å². The minimum atomic E-state index is 0.0309. The fraction of sp³-hybridized carbons (Fsp3) is 0.423. The first-order valence-corrected chi connectivity index (χ1v) is 11.8. The Balaban J connectivity index is 1.22. The van der Waals surface area contributed by atoms with Crippen LogP contribution in [-0.4, -0.2) is 33.9 Å². The van der Waals surface area contributed by atoms with Gasteiger partial charge >= 0.3 is 0 Å². The summed E-state index contributed by atoms with van der Waals surface area (Å²) in [4.78, 5) is 24.6. The Kier molecular flexibility index (Phi) is 4.93. The molecule has 6 rings (SSSR count). The van der Waals surface area contributed by atoms with Crippen LogP contribution in [0.4, 0.5) is 0 Å². The number of hydrogen-bond donors (Lipinski definition) is 0. The van der Waals surface area contributed by atoms with Crippen molar-refractivity contribution in [1.29, 1.82) is 0 Å². The number of oxazole rings is 2. The maximum atomic E-state index is 13.3. The van der Waals surface area contributed by atoms with E-state index in [4.69, 9.17) is 13.8 Å².